The molecule has 0 fully saturated rings. The molecule has 0 aliphatic rings. The molecule has 6 nitrogen and oxygen atoms in total. The molecular weight excluding hydrogens is 325 g/mol. The van der Waals surface area contributed by atoms with Gasteiger partial charge < -0.3 is 10.6 Å². The first-order chi connectivity index (χ1) is 10.7. The van der Waals surface area contributed by atoms with Crippen molar-refractivity contribution in [2.45, 2.75) is 10.8 Å². The molecule has 0 aliphatic carbocycles. The number of hydrogen-bond donors (Lipinski definition) is 2. The van der Waals surface area contributed by atoms with E-state index in [0.29, 0.717) is 21.7 Å². The number of anilines is 2. The summed E-state index contributed by atoms with van der Waals surface area (Å²) in [6, 6.07) is 8.22. The molecule has 1 heterocycles. The molecule has 2 rings (SSSR count). The maximum Gasteiger partial charge on any atom is 0.230 e. The highest BCUT2D eigenvalue weighted by molar-refractivity contribution is 8.01. The zero-order valence-corrected chi connectivity index (χ0v) is 13.0. The van der Waals surface area contributed by atoms with Gasteiger partial charge in [0.2, 0.25) is 11.0 Å². The Kier molecular flexibility index (Phi) is 6.12. The molecule has 22 heavy (non-hydrogen) atoms. The van der Waals surface area contributed by atoms with Crippen molar-refractivity contribution in [3.05, 3.63) is 30.1 Å². The quantitative estimate of drug-likeness (QED) is 0.596. The molecule has 0 atom stereocenters. The third kappa shape index (κ3) is 4.98. The van der Waals surface area contributed by atoms with Crippen molar-refractivity contribution >= 4 is 39.8 Å². The van der Waals surface area contributed by atoms with Crippen molar-refractivity contribution in [1.82, 2.24) is 15.5 Å². The number of halogens is 1. The van der Waals surface area contributed by atoms with Gasteiger partial charge in [-0.05, 0) is 12.1 Å². The number of carbonyl (C=O) groups excluding carboxylic acids is 1. The van der Waals surface area contributed by atoms with Crippen LogP contribution in [-0.4, -0.2) is 28.4 Å². The number of thioether (sulfide) groups is 1. The minimum absolute atomic E-state index is 0.168. The predicted octanol–water partition coefficient (Wildman–Crippen LogP) is 2.54. The number of hydrogen-bond acceptors (Lipinski definition) is 7. The van der Waals surface area contributed by atoms with Crippen LogP contribution in [-0.2, 0) is 4.79 Å². The Hall–Kier alpha value is -2.18. The van der Waals surface area contributed by atoms with E-state index in [0.717, 1.165) is 0 Å². The van der Waals surface area contributed by atoms with Gasteiger partial charge in [0.05, 0.1) is 23.9 Å². The molecule has 9 heteroatoms. The maximum atomic E-state index is 13.5. The fourth-order valence-corrected chi connectivity index (χ4v) is 3.03. The number of aromatic nitrogens is 2. The molecule has 2 aromatic rings. The Morgan fingerprint density at radius 1 is 1.41 bits per heavy atom. The van der Waals surface area contributed by atoms with Gasteiger partial charge >= 0.3 is 0 Å². The largest absolute Gasteiger partial charge is 0.354 e. The molecule has 0 saturated carbocycles. The monoisotopic (exact) mass is 337 g/mol. The number of nitriles is 1. The predicted molar refractivity (Wildman–Crippen MR) is 83.6 cm³/mol. The number of benzene rings is 1. The van der Waals surface area contributed by atoms with Crippen LogP contribution in [0.5, 0.6) is 0 Å². The van der Waals surface area contributed by atoms with Gasteiger partial charge in [0, 0.05) is 6.54 Å². The molecule has 0 spiro atoms. The lowest BCUT2D eigenvalue weighted by atomic mass is 10.3. The lowest BCUT2D eigenvalue weighted by Gasteiger charge is -2.02. The van der Waals surface area contributed by atoms with Gasteiger partial charge in [-0.25, -0.2) is 4.39 Å². The van der Waals surface area contributed by atoms with E-state index in [-0.39, 0.29) is 23.9 Å². The van der Waals surface area contributed by atoms with Crippen LogP contribution in [0.2, 0.25) is 0 Å². The van der Waals surface area contributed by atoms with E-state index in [1.165, 1.54) is 29.2 Å². The summed E-state index contributed by atoms with van der Waals surface area (Å²) in [5.74, 6) is -0.345. The Bertz CT molecular complexity index is 685. The summed E-state index contributed by atoms with van der Waals surface area (Å²) in [7, 11) is 0. The lowest BCUT2D eigenvalue weighted by molar-refractivity contribution is -0.118. The molecule has 0 radical (unpaired) electrons. The van der Waals surface area contributed by atoms with Crippen LogP contribution in [0, 0.1) is 17.1 Å². The first kappa shape index (κ1) is 16.2. The zero-order valence-electron chi connectivity index (χ0n) is 11.4. The highest BCUT2D eigenvalue weighted by Crippen LogP contribution is 2.28. The topological polar surface area (TPSA) is 90.7 Å². The number of nitrogens with zero attached hydrogens (tertiary/aromatic N) is 3. The van der Waals surface area contributed by atoms with E-state index in [1.807, 2.05) is 6.07 Å². The van der Waals surface area contributed by atoms with E-state index in [4.69, 9.17) is 5.26 Å². The van der Waals surface area contributed by atoms with Gasteiger partial charge in [-0.1, -0.05) is 35.2 Å². The minimum atomic E-state index is -0.372. The fraction of sp³-hybridized carbons (Fsp3) is 0.231. The summed E-state index contributed by atoms with van der Waals surface area (Å²) in [5.41, 5.74) is 0.324. The molecule has 0 aliphatic heterocycles. The summed E-state index contributed by atoms with van der Waals surface area (Å²) >= 11 is 2.48. The lowest BCUT2D eigenvalue weighted by Crippen LogP contribution is -2.25. The molecule has 114 valence electrons. The van der Waals surface area contributed by atoms with Gasteiger partial charge in [0.25, 0.3) is 0 Å². The van der Waals surface area contributed by atoms with Crippen molar-refractivity contribution in [3.8, 4) is 6.07 Å². The Balaban J connectivity index is 1.83. The number of amides is 1. The number of nitrogens with one attached hydrogen (secondary N) is 2. The van der Waals surface area contributed by atoms with E-state index in [1.54, 1.807) is 18.2 Å². The number of rotatable bonds is 7. The Morgan fingerprint density at radius 3 is 3.00 bits per heavy atom. The molecule has 0 saturated heterocycles. The molecule has 2 N–H and O–H groups in total. The number of para-hydroxylation sites is 1. The Morgan fingerprint density at radius 2 is 2.23 bits per heavy atom. The summed E-state index contributed by atoms with van der Waals surface area (Å²) in [6.45, 7) is 0.339. The second-order valence-corrected chi connectivity index (χ2v) is 6.22. The highest BCUT2D eigenvalue weighted by atomic mass is 32.2. The first-order valence-electron chi connectivity index (χ1n) is 6.30. The Labute approximate surface area is 134 Å². The zero-order chi connectivity index (χ0) is 15.8. The van der Waals surface area contributed by atoms with Gasteiger partial charge in [0.1, 0.15) is 5.82 Å². The second kappa shape index (κ2) is 8.31. The normalized spacial score (nSPS) is 10.0. The molecule has 1 aromatic heterocycles. The standard InChI is InChI=1S/C13H12FN5OS2/c14-9-4-1-2-5-10(9)17-12-18-19-13(22-12)21-8-11(20)16-7-3-6-15/h1-2,4-5H,3,7-8H2,(H,16,20)(H,17,18). The average molecular weight is 337 g/mol. The van der Waals surface area contributed by atoms with Gasteiger partial charge in [-0.15, -0.1) is 10.2 Å². The van der Waals surface area contributed by atoms with Crippen LogP contribution in [0.4, 0.5) is 15.2 Å². The average Bonchev–Trinajstić information content (AvgIpc) is 2.95. The highest BCUT2D eigenvalue weighted by Gasteiger charge is 2.09. The van der Waals surface area contributed by atoms with Crippen molar-refractivity contribution in [2.24, 2.45) is 0 Å². The van der Waals surface area contributed by atoms with Crippen LogP contribution in [0.25, 0.3) is 0 Å². The van der Waals surface area contributed by atoms with Crippen molar-refractivity contribution in [1.29, 1.82) is 5.26 Å². The summed E-state index contributed by atoms with van der Waals surface area (Å²) in [4.78, 5) is 11.5. The van der Waals surface area contributed by atoms with Gasteiger partial charge in [0.15, 0.2) is 4.34 Å². The van der Waals surface area contributed by atoms with Crippen molar-refractivity contribution in [3.63, 3.8) is 0 Å². The van der Waals surface area contributed by atoms with Crippen LogP contribution < -0.4 is 10.6 Å². The number of carbonyl (C=O) groups is 1. The van der Waals surface area contributed by atoms with E-state index < -0.39 is 0 Å². The minimum Gasteiger partial charge on any atom is -0.354 e. The SMILES string of the molecule is N#CCCNC(=O)CSc1nnc(Nc2ccccc2F)s1. The molecule has 1 aromatic carbocycles. The fourth-order valence-electron chi connectivity index (χ4n) is 1.43. The van der Waals surface area contributed by atoms with E-state index in [2.05, 4.69) is 20.8 Å². The van der Waals surface area contributed by atoms with E-state index in [9.17, 15) is 9.18 Å². The van der Waals surface area contributed by atoms with Crippen LogP contribution in [0.15, 0.2) is 28.6 Å². The third-order valence-electron chi connectivity index (χ3n) is 2.41. The van der Waals surface area contributed by atoms with Crippen LogP contribution in [0.3, 0.4) is 0 Å². The van der Waals surface area contributed by atoms with Gasteiger partial charge in [-0.3, -0.25) is 4.79 Å². The van der Waals surface area contributed by atoms with Crippen LogP contribution in [0.1, 0.15) is 6.42 Å². The van der Waals surface area contributed by atoms with Crippen molar-refractivity contribution in [2.75, 3.05) is 17.6 Å². The smallest absolute Gasteiger partial charge is 0.230 e. The molecule has 0 bridgehead atoms. The maximum absolute atomic E-state index is 13.5. The second-order valence-electron chi connectivity index (χ2n) is 4.02. The molecule has 0 unspecified atom stereocenters. The summed E-state index contributed by atoms with van der Waals surface area (Å²) < 4.78 is 14.1. The third-order valence-corrected chi connectivity index (χ3v) is 4.38. The molecule has 1 amide bonds. The molecular formula is C13H12FN5OS2. The van der Waals surface area contributed by atoms with Gasteiger partial charge in [-0.2, -0.15) is 5.26 Å². The van der Waals surface area contributed by atoms with Crippen molar-refractivity contribution < 1.29 is 9.18 Å². The first-order valence-corrected chi connectivity index (χ1v) is 8.11. The summed E-state index contributed by atoms with van der Waals surface area (Å²) in [5, 5.41) is 22.1. The summed E-state index contributed by atoms with van der Waals surface area (Å²) in [6.07, 6.45) is 0.284. The van der Waals surface area contributed by atoms with E-state index >= 15 is 0 Å². The van der Waals surface area contributed by atoms with Crippen LogP contribution >= 0.6 is 23.1 Å².